The number of Topliss-reactive ketones (excluding diaryl/α,β-unsaturated/α-hetero) is 1. The highest BCUT2D eigenvalue weighted by atomic mass is 16.6. The number of hydrogen-bond donors (Lipinski definition) is 1. The van der Waals surface area contributed by atoms with Crippen LogP contribution in [0, 0.1) is 5.92 Å². The molecule has 1 aliphatic carbocycles. The smallest absolute Gasteiger partial charge is 0.346 e. The zero-order chi connectivity index (χ0) is 11.9. The van der Waals surface area contributed by atoms with Crippen molar-refractivity contribution in [3.63, 3.8) is 0 Å². The van der Waals surface area contributed by atoms with Crippen LogP contribution in [0.1, 0.15) is 40.5 Å². The van der Waals surface area contributed by atoms with Gasteiger partial charge in [0.15, 0.2) is 5.78 Å². The fourth-order valence-corrected chi connectivity index (χ4v) is 1.74. The molecule has 0 heterocycles. The molecule has 0 amide bonds. The van der Waals surface area contributed by atoms with Crippen molar-refractivity contribution in [2.45, 2.75) is 51.7 Å². The van der Waals surface area contributed by atoms with Crippen LogP contribution >= 0.6 is 0 Å². The maximum atomic E-state index is 11.6. The fraction of sp³-hybridized carbons (Fsp3) is 0.818. The maximum Gasteiger partial charge on any atom is 0.346 e. The molecule has 2 atom stereocenters. The lowest BCUT2D eigenvalue weighted by Crippen LogP contribution is -2.46. The molecular weight excluding hydrogens is 196 g/mol. The van der Waals surface area contributed by atoms with Crippen LogP contribution in [0.2, 0.25) is 0 Å². The fourth-order valence-electron chi connectivity index (χ4n) is 1.74. The van der Waals surface area contributed by atoms with Crippen molar-refractivity contribution in [1.82, 2.24) is 0 Å². The van der Waals surface area contributed by atoms with Crippen LogP contribution in [0.3, 0.4) is 0 Å². The van der Waals surface area contributed by atoms with Gasteiger partial charge in [0, 0.05) is 6.42 Å². The molecule has 0 aromatic carbocycles. The number of ketones is 1. The average Bonchev–Trinajstić information content (AvgIpc) is 2.23. The van der Waals surface area contributed by atoms with Crippen molar-refractivity contribution in [3.05, 3.63) is 0 Å². The van der Waals surface area contributed by atoms with Crippen LogP contribution in [0.25, 0.3) is 0 Å². The predicted molar refractivity (Wildman–Crippen MR) is 54.2 cm³/mol. The van der Waals surface area contributed by atoms with Gasteiger partial charge in [-0.2, -0.15) is 0 Å². The van der Waals surface area contributed by atoms with Gasteiger partial charge in [0.05, 0.1) is 0 Å². The van der Waals surface area contributed by atoms with E-state index in [1.807, 2.05) is 6.92 Å². The second kappa shape index (κ2) is 3.59. The summed E-state index contributed by atoms with van der Waals surface area (Å²) in [4.78, 5) is 23.1. The molecule has 4 nitrogen and oxygen atoms in total. The molecule has 0 aromatic heterocycles. The van der Waals surface area contributed by atoms with Crippen LogP contribution in [0.15, 0.2) is 0 Å². The Morgan fingerprint density at radius 1 is 1.53 bits per heavy atom. The van der Waals surface area contributed by atoms with E-state index in [1.54, 1.807) is 20.8 Å². The quantitative estimate of drug-likeness (QED) is 0.523. The minimum Gasteiger partial charge on any atom is -0.457 e. The summed E-state index contributed by atoms with van der Waals surface area (Å²) in [6, 6.07) is 0. The molecule has 0 radical (unpaired) electrons. The Morgan fingerprint density at radius 2 is 2.07 bits per heavy atom. The summed E-state index contributed by atoms with van der Waals surface area (Å²) in [5, 5.41) is 9.94. The van der Waals surface area contributed by atoms with E-state index in [0.29, 0.717) is 0 Å². The predicted octanol–water partition coefficient (Wildman–Crippen LogP) is 1.06. The molecule has 1 aliphatic rings. The number of esters is 1. The Morgan fingerprint density at radius 3 is 2.40 bits per heavy atom. The number of ether oxygens (including phenoxy) is 1. The first-order valence-electron chi connectivity index (χ1n) is 5.14. The second-order valence-electron chi connectivity index (χ2n) is 5.30. The Hall–Kier alpha value is -0.900. The van der Waals surface area contributed by atoms with Crippen molar-refractivity contribution in [1.29, 1.82) is 0 Å². The van der Waals surface area contributed by atoms with Crippen LogP contribution in [0.4, 0.5) is 0 Å². The van der Waals surface area contributed by atoms with E-state index in [2.05, 4.69) is 0 Å². The summed E-state index contributed by atoms with van der Waals surface area (Å²) < 4.78 is 5.03. The van der Waals surface area contributed by atoms with Gasteiger partial charge in [-0.3, -0.25) is 4.79 Å². The zero-order valence-electron chi connectivity index (χ0n) is 9.66. The third-order valence-electron chi connectivity index (χ3n) is 2.38. The van der Waals surface area contributed by atoms with Gasteiger partial charge in [-0.25, -0.2) is 4.79 Å². The summed E-state index contributed by atoms with van der Waals surface area (Å²) in [6.45, 7) is 6.95. The number of hydrogen-bond acceptors (Lipinski definition) is 4. The second-order valence-corrected chi connectivity index (χ2v) is 5.30. The normalized spacial score (nSPS) is 31.8. The average molecular weight is 214 g/mol. The third-order valence-corrected chi connectivity index (χ3v) is 2.38. The van der Waals surface area contributed by atoms with Crippen molar-refractivity contribution >= 4 is 11.8 Å². The summed E-state index contributed by atoms with van der Waals surface area (Å²) in [5.74, 6) is -1.20. The molecule has 86 valence electrons. The lowest BCUT2D eigenvalue weighted by Gasteiger charge is -2.26. The van der Waals surface area contributed by atoms with E-state index in [9.17, 15) is 14.7 Å². The van der Waals surface area contributed by atoms with Crippen LogP contribution < -0.4 is 0 Å². The molecular formula is C11H18O4. The topological polar surface area (TPSA) is 63.6 Å². The van der Waals surface area contributed by atoms with Gasteiger partial charge in [0.2, 0.25) is 5.60 Å². The van der Waals surface area contributed by atoms with Crippen LogP contribution in [-0.2, 0) is 14.3 Å². The van der Waals surface area contributed by atoms with Gasteiger partial charge < -0.3 is 9.84 Å². The molecule has 1 fully saturated rings. The number of aliphatic hydroxyl groups is 1. The Kier molecular flexibility index (Phi) is 2.92. The van der Waals surface area contributed by atoms with Gasteiger partial charge in [0.25, 0.3) is 0 Å². The molecule has 15 heavy (non-hydrogen) atoms. The van der Waals surface area contributed by atoms with Crippen LogP contribution in [-0.4, -0.2) is 28.1 Å². The van der Waals surface area contributed by atoms with Gasteiger partial charge in [-0.05, 0) is 33.1 Å². The first-order valence-corrected chi connectivity index (χ1v) is 5.14. The van der Waals surface area contributed by atoms with E-state index in [4.69, 9.17) is 4.74 Å². The Labute approximate surface area is 89.6 Å². The highest BCUT2D eigenvalue weighted by Crippen LogP contribution is 2.33. The monoisotopic (exact) mass is 214 g/mol. The third kappa shape index (κ3) is 2.56. The summed E-state index contributed by atoms with van der Waals surface area (Å²) >= 11 is 0. The van der Waals surface area contributed by atoms with E-state index >= 15 is 0 Å². The Balaban J connectivity index is 2.79. The van der Waals surface area contributed by atoms with Crippen molar-refractivity contribution < 1.29 is 19.4 Å². The van der Waals surface area contributed by atoms with E-state index < -0.39 is 23.0 Å². The molecule has 0 aliphatic heterocycles. The van der Waals surface area contributed by atoms with Crippen LogP contribution in [0.5, 0.6) is 0 Å². The molecule has 4 heteroatoms. The van der Waals surface area contributed by atoms with Crippen molar-refractivity contribution in [3.8, 4) is 0 Å². The number of carbonyl (C=O) groups excluding carboxylic acids is 2. The first-order chi connectivity index (χ1) is 6.65. The SMILES string of the molecule is CC1CC(=O)[C@](O)(C(=O)OC(C)(C)C)C1. The van der Waals surface area contributed by atoms with Crippen molar-refractivity contribution in [2.75, 3.05) is 0 Å². The number of rotatable bonds is 1. The lowest BCUT2D eigenvalue weighted by molar-refractivity contribution is -0.178. The molecule has 1 saturated carbocycles. The van der Waals surface area contributed by atoms with E-state index in [0.717, 1.165) is 0 Å². The summed E-state index contributed by atoms with van der Waals surface area (Å²) in [7, 11) is 0. The molecule has 1 unspecified atom stereocenters. The highest BCUT2D eigenvalue weighted by molar-refractivity contribution is 6.08. The van der Waals surface area contributed by atoms with Crippen molar-refractivity contribution in [2.24, 2.45) is 5.92 Å². The first kappa shape index (κ1) is 12.2. The molecule has 0 aromatic rings. The van der Waals surface area contributed by atoms with Gasteiger partial charge in [0.1, 0.15) is 5.60 Å². The standard InChI is InChI=1S/C11H18O4/c1-7-5-8(12)11(14,6-7)9(13)15-10(2,3)4/h7,14H,5-6H2,1-4H3/t7?,11-/m0/s1. The number of carbonyl (C=O) groups is 2. The lowest BCUT2D eigenvalue weighted by atomic mass is 10.00. The minimum absolute atomic E-state index is 0.0371. The molecule has 0 spiro atoms. The molecule has 0 bridgehead atoms. The van der Waals surface area contributed by atoms with E-state index in [1.165, 1.54) is 0 Å². The largest absolute Gasteiger partial charge is 0.457 e. The van der Waals surface area contributed by atoms with Gasteiger partial charge in [-0.1, -0.05) is 6.92 Å². The van der Waals surface area contributed by atoms with Gasteiger partial charge in [-0.15, -0.1) is 0 Å². The molecule has 1 N–H and O–H groups in total. The summed E-state index contributed by atoms with van der Waals surface area (Å²) in [6.07, 6.45) is 0.413. The van der Waals surface area contributed by atoms with E-state index in [-0.39, 0.29) is 18.8 Å². The summed E-state index contributed by atoms with van der Waals surface area (Å²) in [5.41, 5.74) is -2.59. The molecule has 0 saturated heterocycles. The molecule has 1 rings (SSSR count). The van der Waals surface area contributed by atoms with Gasteiger partial charge >= 0.3 is 5.97 Å². The minimum atomic E-state index is -1.91. The Bertz CT molecular complexity index is 289. The highest BCUT2D eigenvalue weighted by Gasteiger charge is 2.51. The maximum absolute atomic E-state index is 11.6. The zero-order valence-corrected chi connectivity index (χ0v) is 9.66.